The van der Waals surface area contributed by atoms with E-state index in [2.05, 4.69) is 69.3 Å². The molecule has 0 spiro atoms. The smallest absolute Gasteiger partial charge is 0.309 e. The SMILES string of the molecule is CC(C)C1=C2[C@H]3CCC4[C@@]5(C)CC[C@H](OC(=O)CC(C)(C)C(=O)O)C(C)(C)[C@@H]5CC[C@@]4(C)[C@]3(C)CC[C@@]2([C@@H](O)CN(CCN2CCOCC2)Cc2cccnc2)CC1=O. The van der Waals surface area contributed by atoms with Crippen LogP contribution in [0.15, 0.2) is 35.7 Å². The third-order valence-electron chi connectivity index (χ3n) is 17.9. The Morgan fingerprint density at radius 2 is 1.73 bits per heavy atom. The van der Waals surface area contributed by atoms with Gasteiger partial charge in [0.1, 0.15) is 6.10 Å². The zero-order valence-corrected chi connectivity index (χ0v) is 37.8. The van der Waals surface area contributed by atoms with E-state index >= 15 is 0 Å². The number of rotatable bonds is 13. The second kappa shape index (κ2) is 16.2. The highest BCUT2D eigenvalue weighted by atomic mass is 16.5. The van der Waals surface area contributed by atoms with Crippen LogP contribution >= 0.6 is 0 Å². The summed E-state index contributed by atoms with van der Waals surface area (Å²) in [5.41, 5.74) is 1.51. The van der Waals surface area contributed by atoms with Crippen molar-refractivity contribution in [2.45, 2.75) is 145 Å². The molecule has 1 aromatic rings. The number of hydrogen-bond donors (Lipinski definition) is 2. The summed E-state index contributed by atoms with van der Waals surface area (Å²) in [7, 11) is 0. The fourth-order valence-corrected chi connectivity index (χ4v) is 14.4. The number of hydrogen-bond acceptors (Lipinski definition) is 9. The average Bonchev–Trinajstić information content (AvgIpc) is 3.49. The van der Waals surface area contributed by atoms with Crippen LogP contribution in [0.2, 0.25) is 0 Å². The number of nitrogens with zero attached hydrogens (tertiary/aromatic N) is 3. The maximum Gasteiger partial charge on any atom is 0.309 e. The van der Waals surface area contributed by atoms with Gasteiger partial charge in [0, 0.05) is 68.9 Å². The molecular formula is C49H75N3O7. The van der Waals surface area contributed by atoms with Crippen LogP contribution in [-0.4, -0.2) is 101 Å². The molecule has 6 aliphatic rings. The number of esters is 1. The van der Waals surface area contributed by atoms with Crippen LogP contribution in [0.5, 0.6) is 0 Å². The molecule has 0 aromatic carbocycles. The molecule has 0 amide bonds. The van der Waals surface area contributed by atoms with Crippen molar-refractivity contribution in [3.8, 4) is 0 Å². The third kappa shape index (κ3) is 7.66. The van der Waals surface area contributed by atoms with E-state index in [4.69, 9.17) is 9.47 Å². The van der Waals surface area contributed by atoms with E-state index in [1.807, 2.05) is 18.5 Å². The molecule has 1 aliphatic heterocycles. The Kier molecular flexibility index (Phi) is 12.2. The number of aromatic nitrogens is 1. The van der Waals surface area contributed by atoms with Crippen LogP contribution in [-0.2, 0) is 30.4 Å². The number of carboxylic acids is 1. The third-order valence-corrected chi connectivity index (χ3v) is 17.9. The standard InChI is InChI=1S/C49H75N3O7/c1-32(2)41-35(53)27-49(38(54)31-52(30-33-11-10-20-50-29-33)22-21-51-23-25-58-26-24-51)19-18-47(8)34(42(41)49)12-13-37-46(7)16-15-39(59-40(55)28-44(3,4)43(56)57)45(5,6)36(46)14-17-48(37,47)9/h10-11,20,29,32,34,36-39,54H,12-19,21-28,30-31H2,1-9H3,(H,56,57)/t34-,36+,37?,38+,39+,46+,47-,48-,49+/m1/s1. The highest BCUT2D eigenvalue weighted by Gasteiger charge is 2.71. The van der Waals surface area contributed by atoms with Crippen molar-refractivity contribution in [3.63, 3.8) is 0 Å². The van der Waals surface area contributed by atoms with Crippen molar-refractivity contribution in [1.29, 1.82) is 0 Å². The minimum Gasteiger partial charge on any atom is -0.481 e. The summed E-state index contributed by atoms with van der Waals surface area (Å²) in [4.78, 5) is 48.7. The van der Waals surface area contributed by atoms with E-state index in [1.165, 1.54) is 5.57 Å². The zero-order chi connectivity index (χ0) is 42.8. The van der Waals surface area contributed by atoms with Crippen LogP contribution in [0.25, 0.3) is 0 Å². The summed E-state index contributed by atoms with van der Waals surface area (Å²) in [6.07, 6.45) is 10.9. The number of carboxylic acid groups (broad SMARTS) is 1. The Balaban J connectivity index is 1.15. The molecule has 10 heteroatoms. The minimum absolute atomic E-state index is 0.0329. The van der Waals surface area contributed by atoms with Gasteiger partial charge in [-0.15, -0.1) is 0 Å². The van der Waals surface area contributed by atoms with Gasteiger partial charge in [0.2, 0.25) is 0 Å². The van der Waals surface area contributed by atoms with Gasteiger partial charge in [0.15, 0.2) is 5.78 Å². The molecule has 2 heterocycles. The number of morpholine rings is 1. The lowest BCUT2D eigenvalue weighted by molar-refractivity contribution is -0.235. The topological polar surface area (TPSA) is 130 Å². The Labute approximate surface area is 354 Å². The van der Waals surface area contributed by atoms with Gasteiger partial charge in [-0.05, 0) is 122 Å². The average molecular weight is 818 g/mol. The Hall–Kier alpha value is -2.66. The van der Waals surface area contributed by atoms with Crippen molar-refractivity contribution in [2.24, 2.45) is 56.2 Å². The van der Waals surface area contributed by atoms with Gasteiger partial charge < -0.3 is 19.7 Å². The van der Waals surface area contributed by atoms with Crippen molar-refractivity contribution >= 4 is 17.7 Å². The van der Waals surface area contributed by atoms with Crippen molar-refractivity contribution in [3.05, 3.63) is 41.2 Å². The van der Waals surface area contributed by atoms with Crippen molar-refractivity contribution in [2.75, 3.05) is 45.9 Å². The van der Waals surface area contributed by atoms with E-state index in [9.17, 15) is 24.6 Å². The molecule has 328 valence electrons. The molecule has 9 atom stereocenters. The highest BCUT2D eigenvalue weighted by molar-refractivity contribution is 6.00. The quantitative estimate of drug-likeness (QED) is 0.189. The van der Waals surface area contributed by atoms with Crippen LogP contribution < -0.4 is 0 Å². The number of Topliss-reactive ketones (excluding diaryl/α,β-unsaturated/α-hetero) is 1. The molecular weight excluding hydrogens is 743 g/mol. The van der Waals surface area contributed by atoms with E-state index in [0.717, 1.165) is 102 Å². The fourth-order valence-electron chi connectivity index (χ4n) is 14.4. The zero-order valence-electron chi connectivity index (χ0n) is 37.8. The van der Waals surface area contributed by atoms with Gasteiger partial charge in [-0.1, -0.05) is 60.1 Å². The summed E-state index contributed by atoms with van der Waals surface area (Å²) in [6, 6.07) is 4.10. The van der Waals surface area contributed by atoms with E-state index in [-0.39, 0.29) is 51.8 Å². The molecule has 2 N–H and O–H groups in total. The van der Waals surface area contributed by atoms with Gasteiger partial charge in [0.25, 0.3) is 0 Å². The molecule has 0 radical (unpaired) electrons. The Morgan fingerprint density at radius 1 is 1.00 bits per heavy atom. The first-order valence-corrected chi connectivity index (χ1v) is 23.0. The lowest BCUT2D eigenvalue weighted by Crippen LogP contribution is -2.66. The second-order valence-corrected chi connectivity index (χ2v) is 22.1. The largest absolute Gasteiger partial charge is 0.481 e. The number of aliphatic hydroxyl groups is 1. The summed E-state index contributed by atoms with van der Waals surface area (Å²) < 4.78 is 11.8. The maximum atomic E-state index is 14.4. The summed E-state index contributed by atoms with van der Waals surface area (Å²) in [5, 5.41) is 22.5. The number of allylic oxidation sites excluding steroid dienone is 1. The molecule has 7 rings (SSSR count). The highest BCUT2D eigenvalue weighted by Crippen LogP contribution is 2.77. The van der Waals surface area contributed by atoms with E-state index in [0.29, 0.717) is 31.3 Å². The van der Waals surface area contributed by atoms with Crippen LogP contribution in [0.4, 0.5) is 0 Å². The van der Waals surface area contributed by atoms with Gasteiger partial charge in [-0.3, -0.25) is 29.2 Å². The number of carbonyl (C=O) groups excluding carboxylic acids is 2. The second-order valence-electron chi connectivity index (χ2n) is 22.1. The van der Waals surface area contributed by atoms with Crippen LogP contribution in [0.1, 0.15) is 132 Å². The van der Waals surface area contributed by atoms with E-state index in [1.54, 1.807) is 13.8 Å². The van der Waals surface area contributed by atoms with Gasteiger partial charge in [-0.2, -0.15) is 0 Å². The first-order chi connectivity index (χ1) is 27.7. The lowest BCUT2D eigenvalue weighted by atomic mass is 9.33. The number of fused-ring (bicyclic) bond motifs is 7. The number of ketones is 1. The van der Waals surface area contributed by atoms with E-state index < -0.39 is 28.9 Å². The number of carbonyl (C=O) groups is 3. The summed E-state index contributed by atoms with van der Waals surface area (Å²) >= 11 is 0. The predicted octanol–water partition coefficient (Wildman–Crippen LogP) is 7.97. The molecule has 5 fully saturated rings. The normalized spacial score (nSPS) is 36.4. The molecule has 1 aromatic heterocycles. The monoisotopic (exact) mass is 818 g/mol. The van der Waals surface area contributed by atoms with Gasteiger partial charge in [0.05, 0.1) is 31.2 Å². The summed E-state index contributed by atoms with van der Waals surface area (Å²) in [5.74, 6) is 0.00584. The molecule has 5 aliphatic carbocycles. The first kappa shape index (κ1) is 44.4. The minimum atomic E-state index is -1.17. The predicted molar refractivity (Wildman–Crippen MR) is 228 cm³/mol. The Bertz CT molecular complexity index is 1770. The maximum absolute atomic E-state index is 14.4. The number of pyridine rings is 1. The number of ether oxygens (including phenoxy) is 2. The van der Waals surface area contributed by atoms with Crippen molar-refractivity contribution in [1.82, 2.24) is 14.8 Å². The molecule has 0 bridgehead atoms. The van der Waals surface area contributed by atoms with Crippen molar-refractivity contribution < 1.29 is 34.1 Å². The van der Waals surface area contributed by atoms with Gasteiger partial charge >= 0.3 is 11.9 Å². The van der Waals surface area contributed by atoms with Crippen LogP contribution in [0, 0.1) is 56.2 Å². The molecule has 59 heavy (non-hydrogen) atoms. The summed E-state index contributed by atoms with van der Waals surface area (Å²) in [6.45, 7) is 26.1. The molecule has 1 unspecified atom stereocenters. The first-order valence-electron chi connectivity index (χ1n) is 23.0. The number of aliphatic carboxylic acids is 1. The lowest BCUT2D eigenvalue weighted by Gasteiger charge is -2.72. The van der Waals surface area contributed by atoms with Crippen LogP contribution in [0.3, 0.4) is 0 Å². The number of aliphatic hydroxyl groups excluding tert-OH is 1. The Morgan fingerprint density at radius 3 is 2.39 bits per heavy atom. The fraction of sp³-hybridized carbons (Fsp3) is 0.796. The molecule has 1 saturated heterocycles. The molecule has 4 saturated carbocycles. The van der Waals surface area contributed by atoms with Gasteiger partial charge in [-0.25, -0.2) is 0 Å². The molecule has 10 nitrogen and oxygen atoms in total.